The molecule has 1 aromatic heterocycles. The molecule has 0 saturated carbocycles. The van der Waals surface area contributed by atoms with E-state index in [1.807, 2.05) is 0 Å². The molecular weight excluding hydrogens is 305 g/mol. The van der Waals surface area contributed by atoms with Crippen LogP contribution in [0.5, 0.6) is 5.88 Å². The summed E-state index contributed by atoms with van der Waals surface area (Å²) in [6.45, 7) is 0.636. The van der Waals surface area contributed by atoms with Crippen molar-refractivity contribution in [3.63, 3.8) is 0 Å². The molecule has 0 spiro atoms. The maximum atomic E-state index is 14.0. The van der Waals surface area contributed by atoms with E-state index in [0.29, 0.717) is 19.4 Å². The van der Waals surface area contributed by atoms with Gasteiger partial charge in [0.1, 0.15) is 0 Å². The van der Waals surface area contributed by atoms with E-state index in [-0.39, 0.29) is 30.2 Å². The lowest BCUT2D eigenvalue weighted by Crippen LogP contribution is -2.44. The molecule has 2 unspecified atom stereocenters. The van der Waals surface area contributed by atoms with Crippen LogP contribution in [0.15, 0.2) is 12.1 Å². The van der Waals surface area contributed by atoms with Gasteiger partial charge in [0.05, 0.1) is 13.2 Å². The van der Waals surface area contributed by atoms with Gasteiger partial charge in [0.15, 0.2) is 11.5 Å². The van der Waals surface area contributed by atoms with E-state index in [1.165, 1.54) is 18.1 Å². The molecule has 0 radical (unpaired) electrons. The van der Waals surface area contributed by atoms with Gasteiger partial charge in [-0.05, 0) is 25.3 Å². The van der Waals surface area contributed by atoms with Crippen molar-refractivity contribution >= 4 is 12.0 Å². The Kier molecular flexibility index (Phi) is 4.06. The molecule has 3 rings (SSSR count). The zero-order valence-corrected chi connectivity index (χ0v) is 12.7. The number of nitrogens with zero attached hydrogens (tertiary/aromatic N) is 3. The highest BCUT2D eigenvalue weighted by molar-refractivity contribution is 5.93. The standard InChI is InChI=1S/C15H18FN3O4/c1-23-12-5-4-11(16)13(17-12)14(20)19-9-2-3-10(19)8-18(7-6-9)15(21)22/h4-5,9-10H,2-3,6-8H2,1H3,(H,21,22). The third kappa shape index (κ3) is 2.80. The molecule has 1 N–H and O–H groups in total. The van der Waals surface area contributed by atoms with E-state index in [4.69, 9.17) is 4.74 Å². The number of fused-ring (bicyclic) bond motifs is 2. The number of hydrogen-bond donors (Lipinski definition) is 1. The summed E-state index contributed by atoms with van der Waals surface area (Å²) in [7, 11) is 1.40. The van der Waals surface area contributed by atoms with Gasteiger partial charge < -0.3 is 19.6 Å². The highest BCUT2D eigenvalue weighted by Gasteiger charge is 2.42. The Hall–Kier alpha value is -2.38. The van der Waals surface area contributed by atoms with Crippen LogP contribution >= 0.6 is 0 Å². The van der Waals surface area contributed by atoms with Gasteiger partial charge in [0, 0.05) is 25.2 Å². The first-order chi connectivity index (χ1) is 11.0. The maximum absolute atomic E-state index is 14.0. The number of carboxylic acid groups (broad SMARTS) is 1. The highest BCUT2D eigenvalue weighted by atomic mass is 19.1. The maximum Gasteiger partial charge on any atom is 0.407 e. The molecule has 2 atom stereocenters. The second kappa shape index (κ2) is 6.02. The van der Waals surface area contributed by atoms with Gasteiger partial charge in [-0.3, -0.25) is 4.79 Å². The van der Waals surface area contributed by atoms with Gasteiger partial charge in [-0.25, -0.2) is 14.2 Å². The number of halogens is 1. The second-order valence-electron chi connectivity index (χ2n) is 5.80. The Labute approximate surface area is 132 Å². The van der Waals surface area contributed by atoms with Crippen LogP contribution in [0.1, 0.15) is 29.8 Å². The molecule has 7 nitrogen and oxygen atoms in total. The molecule has 8 heteroatoms. The van der Waals surface area contributed by atoms with Gasteiger partial charge in [0.25, 0.3) is 5.91 Å². The fourth-order valence-corrected chi connectivity index (χ4v) is 3.39. The molecule has 2 saturated heterocycles. The largest absolute Gasteiger partial charge is 0.481 e. The Bertz CT molecular complexity index is 639. The van der Waals surface area contributed by atoms with Crippen LogP contribution in [0.2, 0.25) is 0 Å². The van der Waals surface area contributed by atoms with E-state index in [2.05, 4.69) is 4.98 Å². The first kappa shape index (κ1) is 15.5. The summed E-state index contributed by atoms with van der Waals surface area (Å²) in [5.41, 5.74) is -0.273. The van der Waals surface area contributed by atoms with Crippen LogP contribution in [-0.2, 0) is 0 Å². The van der Waals surface area contributed by atoms with Crippen molar-refractivity contribution < 1.29 is 23.8 Å². The molecule has 1 aromatic rings. The van der Waals surface area contributed by atoms with Crippen molar-refractivity contribution in [2.75, 3.05) is 20.2 Å². The molecule has 3 heterocycles. The molecule has 2 fully saturated rings. The topological polar surface area (TPSA) is 83.0 Å². The summed E-state index contributed by atoms with van der Waals surface area (Å²) in [5.74, 6) is -1.03. The lowest BCUT2D eigenvalue weighted by molar-refractivity contribution is 0.0655. The Morgan fingerprint density at radius 3 is 2.74 bits per heavy atom. The number of carbonyl (C=O) groups excluding carboxylic acids is 1. The van der Waals surface area contributed by atoms with E-state index >= 15 is 0 Å². The van der Waals surface area contributed by atoms with Crippen LogP contribution in [0.25, 0.3) is 0 Å². The number of amides is 2. The normalized spacial score (nSPS) is 23.6. The van der Waals surface area contributed by atoms with Crippen molar-refractivity contribution in [2.45, 2.75) is 31.3 Å². The molecule has 2 aliphatic rings. The fraction of sp³-hybridized carbons (Fsp3) is 0.533. The van der Waals surface area contributed by atoms with Crippen molar-refractivity contribution in [1.82, 2.24) is 14.8 Å². The van der Waals surface area contributed by atoms with Crippen LogP contribution in [0, 0.1) is 5.82 Å². The second-order valence-corrected chi connectivity index (χ2v) is 5.80. The van der Waals surface area contributed by atoms with Crippen molar-refractivity contribution in [2.24, 2.45) is 0 Å². The highest BCUT2D eigenvalue weighted by Crippen LogP contribution is 2.32. The van der Waals surface area contributed by atoms with Gasteiger partial charge >= 0.3 is 6.09 Å². The Balaban J connectivity index is 1.89. The van der Waals surface area contributed by atoms with E-state index < -0.39 is 17.8 Å². The van der Waals surface area contributed by atoms with Crippen LogP contribution in [0.3, 0.4) is 0 Å². The third-order valence-corrected chi connectivity index (χ3v) is 4.52. The minimum Gasteiger partial charge on any atom is -0.481 e. The number of likely N-dealkylation sites (tertiary alicyclic amines) is 1. The van der Waals surface area contributed by atoms with Crippen molar-refractivity contribution in [3.05, 3.63) is 23.6 Å². The third-order valence-electron chi connectivity index (χ3n) is 4.52. The quantitative estimate of drug-likeness (QED) is 0.893. The summed E-state index contributed by atoms with van der Waals surface area (Å²) < 4.78 is 19.0. The first-order valence-corrected chi connectivity index (χ1v) is 7.52. The smallest absolute Gasteiger partial charge is 0.407 e. The number of pyridine rings is 1. The van der Waals surface area contributed by atoms with Gasteiger partial charge in [-0.15, -0.1) is 0 Å². The number of rotatable bonds is 2. The number of carbonyl (C=O) groups is 2. The van der Waals surface area contributed by atoms with E-state index in [0.717, 1.165) is 12.5 Å². The molecule has 2 amide bonds. The monoisotopic (exact) mass is 323 g/mol. The van der Waals surface area contributed by atoms with Crippen molar-refractivity contribution in [1.29, 1.82) is 0 Å². The minimum atomic E-state index is -0.990. The molecule has 0 aliphatic carbocycles. The summed E-state index contributed by atoms with van der Waals surface area (Å²) in [6.07, 6.45) is 1.08. The lowest BCUT2D eigenvalue weighted by Gasteiger charge is -2.28. The Morgan fingerprint density at radius 2 is 2.04 bits per heavy atom. The van der Waals surface area contributed by atoms with Gasteiger partial charge in [-0.1, -0.05) is 0 Å². The summed E-state index contributed by atoms with van der Waals surface area (Å²) in [5, 5.41) is 9.18. The zero-order valence-electron chi connectivity index (χ0n) is 12.7. The van der Waals surface area contributed by atoms with Crippen LogP contribution < -0.4 is 4.74 Å². The van der Waals surface area contributed by atoms with Crippen LogP contribution in [0.4, 0.5) is 9.18 Å². The molecule has 23 heavy (non-hydrogen) atoms. The zero-order chi connectivity index (χ0) is 16.6. The summed E-state index contributed by atoms with van der Waals surface area (Å²) >= 11 is 0. The average molecular weight is 323 g/mol. The SMILES string of the molecule is COc1ccc(F)c(C(=O)N2C3CCC2CN(C(=O)O)CC3)n1. The van der Waals surface area contributed by atoms with Gasteiger partial charge in [-0.2, -0.15) is 0 Å². The molecule has 2 aliphatic heterocycles. The predicted octanol–water partition coefficient (Wildman–Crippen LogP) is 1.59. The number of aromatic nitrogens is 1. The number of methoxy groups -OCH3 is 1. The fourth-order valence-electron chi connectivity index (χ4n) is 3.39. The molecule has 2 bridgehead atoms. The molecule has 0 aromatic carbocycles. The first-order valence-electron chi connectivity index (χ1n) is 7.52. The van der Waals surface area contributed by atoms with Crippen LogP contribution in [-0.4, -0.2) is 64.2 Å². The van der Waals surface area contributed by atoms with Crippen molar-refractivity contribution in [3.8, 4) is 5.88 Å². The predicted molar refractivity (Wildman–Crippen MR) is 77.9 cm³/mol. The number of ether oxygens (including phenoxy) is 1. The summed E-state index contributed by atoms with van der Waals surface area (Å²) in [6, 6.07) is 2.19. The van der Waals surface area contributed by atoms with Gasteiger partial charge in [0.2, 0.25) is 5.88 Å². The number of hydrogen-bond acceptors (Lipinski definition) is 4. The lowest BCUT2D eigenvalue weighted by atomic mass is 10.1. The van der Waals surface area contributed by atoms with E-state index in [9.17, 15) is 19.1 Å². The minimum absolute atomic E-state index is 0.0794. The van der Waals surface area contributed by atoms with E-state index in [1.54, 1.807) is 4.90 Å². The summed E-state index contributed by atoms with van der Waals surface area (Å²) in [4.78, 5) is 30.8. The molecular formula is C15H18FN3O4. The average Bonchev–Trinajstić information content (AvgIpc) is 2.81. The molecule has 124 valence electrons. The Morgan fingerprint density at radius 1 is 1.30 bits per heavy atom.